The molecule has 0 aliphatic carbocycles. The summed E-state index contributed by atoms with van der Waals surface area (Å²) in [4.78, 5) is 8.90. The van der Waals surface area contributed by atoms with Gasteiger partial charge in [-0.15, -0.1) is 0 Å². The Hall–Kier alpha value is -3.37. The molecule has 11 heteroatoms. The summed E-state index contributed by atoms with van der Waals surface area (Å²) in [7, 11) is 1.42. The third-order valence-electron chi connectivity index (χ3n) is 4.01. The molecule has 4 nitrogen and oxygen atoms in total. The Morgan fingerprint density at radius 2 is 1.50 bits per heavy atom. The molecule has 1 heterocycles. The lowest BCUT2D eigenvalue weighted by molar-refractivity contribution is -0.138. The summed E-state index contributed by atoms with van der Waals surface area (Å²) in [5, 5.41) is 0. The summed E-state index contributed by atoms with van der Waals surface area (Å²) in [5.41, 5.74) is -1.85. The SMILES string of the molecule is CN(c1cccc(C(F)(F)F)c1)c1cc(Oc2cc(C(F)(F)F)ccc2F)ncn1. The summed E-state index contributed by atoms with van der Waals surface area (Å²) in [6.07, 6.45) is -8.26. The van der Waals surface area contributed by atoms with Gasteiger partial charge >= 0.3 is 12.4 Å². The number of halogens is 7. The van der Waals surface area contributed by atoms with E-state index in [4.69, 9.17) is 4.74 Å². The van der Waals surface area contributed by atoms with Crippen molar-refractivity contribution in [3.8, 4) is 11.6 Å². The second-order valence-corrected chi connectivity index (χ2v) is 6.07. The fourth-order valence-corrected chi connectivity index (χ4v) is 2.46. The summed E-state index contributed by atoms with van der Waals surface area (Å²) in [5.74, 6) is -1.98. The van der Waals surface area contributed by atoms with Gasteiger partial charge < -0.3 is 9.64 Å². The van der Waals surface area contributed by atoms with Gasteiger partial charge in [0.05, 0.1) is 11.1 Å². The molecule has 3 rings (SSSR count). The van der Waals surface area contributed by atoms with Crippen LogP contribution in [0.5, 0.6) is 11.6 Å². The topological polar surface area (TPSA) is 38.2 Å². The smallest absolute Gasteiger partial charge is 0.416 e. The van der Waals surface area contributed by atoms with Crippen LogP contribution in [-0.4, -0.2) is 17.0 Å². The summed E-state index contributed by atoms with van der Waals surface area (Å²) in [6, 6.07) is 7.23. The standard InChI is InChI=1S/C19H12F7N3O/c1-29(13-4-2-3-11(7-13)18(21,22)23)16-9-17(28-10-27-16)30-15-8-12(19(24,25)26)5-6-14(15)20/h2-10H,1H3. The molecular formula is C19H12F7N3O. The summed E-state index contributed by atoms with van der Waals surface area (Å²) < 4.78 is 96.2. The highest BCUT2D eigenvalue weighted by molar-refractivity contribution is 5.60. The zero-order chi connectivity index (χ0) is 22.1. The fraction of sp³-hybridized carbons (Fsp3) is 0.158. The van der Waals surface area contributed by atoms with Crippen molar-refractivity contribution in [2.45, 2.75) is 12.4 Å². The van der Waals surface area contributed by atoms with Crippen molar-refractivity contribution in [2.24, 2.45) is 0 Å². The van der Waals surface area contributed by atoms with Crippen LogP contribution in [0.4, 0.5) is 42.2 Å². The van der Waals surface area contributed by atoms with E-state index in [1.165, 1.54) is 24.1 Å². The monoisotopic (exact) mass is 431 g/mol. The first kappa shape index (κ1) is 21.3. The van der Waals surface area contributed by atoms with Crippen molar-refractivity contribution in [1.82, 2.24) is 9.97 Å². The highest BCUT2D eigenvalue weighted by Crippen LogP contribution is 2.35. The second-order valence-electron chi connectivity index (χ2n) is 6.07. The first-order valence-corrected chi connectivity index (χ1v) is 8.23. The second kappa shape index (κ2) is 7.81. The molecule has 30 heavy (non-hydrogen) atoms. The van der Waals surface area contributed by atoms with Gasteiger partial charge in [0.2, 0.25) is 5.88 Å². The Labute approximate surface area is 165 Å². The van der Waals surface area contributed by atoms with Gasteiger partial charge in [-0.05, 0) is 36.4 Å². The summed E-state index contributed by atoms with van der Waals surface area (Å²) >= 11 is 0. The van der Waals surface area contributed by atoms with Gasteiger partial charge in [-0.1, -0.05) is 6.07 Å². The van der Waals surface area contributed by atoms with E-state index < -0.39 is 35.0 Å². The molecule has 0 spiro atoms. The van der Waals surface area contributed by atoms with Crippen molar-refractivity contribution < 1.29 is 35.5 Å². The third kappa shape index (κ3) is 4.78. The number of alkyl halides is 6. The van der Waals surface area contributed by atoms with Gasteiger partial charge in [0.1, 0.15) is 12.1 Å². The molecule has 0 radical (unpaired) electrons. The van der Waals surface area contributed by atoms with Crippen molar-refractivity contribution in [2.75, 3.05) is 11.9 Å². The first-order chi connectivity index (χ1) is 13.9. The average molecular weight is 431 g/mol. The Balaban J connectivity index is 1.89. The van der Waals surface area contributed by atoms with Crippen LogP contribution in [0.25, 0.3) is 0 Å². The van der Waals surface area contributed by atoms with Crippen LogP contribution >= 0.6 is 0 Å². The molecule has 0 fully saturated rings. The fourth-order valence-electron chi connectivity index (χ4n) is 2.46. The molecule has 0 aliphatic heterocycles. The number of aromatic nitrogens is 2. The Kier molecular flexibility index (Phi) is 5.55. The van der Waals surface area contributed by atoms with Crippen molar-refractivity contribution >= 4 is 11.5 Å². The number of ether oxygens (including phenoxy) is 1. The molecule has 0 amide bonds. The average Bonchev–Trinajstić information content (AvgIpc) is 2.68. The molecule has 0 aliphatic rings. The zero-order valence-corrected chi connectivity index (χ0v) is 15.1. The van der Waals surface area contributed by atoms with E-state index in [2.05, 4.69) is 9.97 Å². The number of nitrogens with zero attached hydrogens (tertiary/aromatic N) is 3. The van der Waals surface area contributed by atoms with Gasteiger partial charge in [-0.2, -0.15) is 26.3 Å². The van der Waals surface area contributed by atoms with Crippen LogP contribution in [0.3, 0.4) is 0 Å². The lowest BCUT2D eigenvalue weighted by atomic mass is 10.2. The highest BCUT2D eigenvalue weighted by Gasteiger charge is 2.32. The number of anilines is 2. The van der Waals surface area contributed by atoms with Gasteiger partial charge in [0, 0.05) is 18.8 Å². The van der Waals surface area contributed by atoms with Gasteiger partial charge in [-0.3, -0.25) is 0 Å². The minimum atomic E-state index is -4.70. The third-order valence-corrected chi connectivity index (χ3v) is 4.01. The van der Waals surface area contributed by atoms with E-state index in [9.17, 15) is 30.7 Å². The quantitative estimate of drug-likeness (QED) is 0.460. The van der Waals surface area contributed by atoms with Crippen molar-refractivity contribution in [3.63, 3.8) is 0 Å². The van der Waals surface area contributed by atoms with Crippen LogP contribution in [0.15, 0.2) is 54.9 Å². The van der Waals surface area contributed by atoms with E-state index >= 15 is 0 Å². The molecule has 3 aromatic rings. The van der Waals surface area contributed by atoms with Crippen molar-refractivity contribution in [3.05, 3.63) is 71.8 Å². The molecule has 0 bridgehead atoms. The van der Waals surface area contributed by atoms with Crippen LogP contribution in [0, 0.1) is 5.82 Å². The molecule has 0 saturated heterocycles. The van der Waals surface area contributed by atoms with E-state index in [0.717, 1.165) is 24.5 Å². The van der Waals surface area contributed by atoms with Gasteiger partial charge in [0.15, 0.2) is 11.6 Å². The minimum absolute atomic E-state index is 0.0757. The predicted octanol–water partition coefficient (Wildman–Crippen LogP) is 6.21. The molecule has 158 valence electrons. The lowest BCUT2D eigenvalue weighted by Gasteiger charge is -2.20. The number of benzene rings is 2. The molecule has 0 unspecified atom stereocenters. The molecule has 0 N–H and O–H groups in total. The van der Waals surface area contributed by atoms with Crippen LogP contribution in [0.1, 0.15) is 11.1 Å². The van der Waals surface area contributed by atoms with Gasteiger partial charge in [0.25, 0.3) is 0 Å². The maximum Gasteiger partial charge on any atom is 0.416 e. The lowest BCUT2D eigenvalue weighted by Crippen LogP contribution is -2.13. The van der Waals surface area contributed by atoms with E-state index in [1.807, 2.05) is 0 Å². The minimum Gasteiger partial charge on any atom is -0.436 e. The first-order valence-electron chi connectivity index (χ1n) is 8.23. The highest BCUT2D eigenvalue weighted by atomic mass is 19.4. The Morgan fingerprint density at radius 3 is 2.17 bits per heavy atom. The van der Waals surface area contributed by atoms with E-state index in [-0.39, 0.29) is 17.4 Å². The zero-order valence-electron chi connectivity index (χ0n) is 15.1. The Bertz CT molecular complexity index is 1050. The Morgan fingerprint density at radius 1 is 0.833 bits per heavy atom. The van der Waals surface area contributed by atoms with E-state index in [1.54, 1.807) is 0 Å². The molecular weight excluding hydrogens is 419 g/mol. The van der Waals surface area contributed by atoms with Crippen LogP contribution < -0.4 is 9.64 Å². The number of hydrogen-bond donors (Lipinski definition) is 0. The van der Waals surface area contributed by atoms with Gasteiger partial charge in [-0.25, -0.2) is 14.4 Å². The maximum absolute atomic E-state index is 13.9. The number of hydrogen-bond acceptors (Lipinski definition) is 4. The molecule has 2 aromatic carbocycles. The number of rotatable bonds is 4. The maximum atomic E-state index is 13.9. The van der Waals surface area contributed by atoms with Crippen LogP contribution in [0.2, 0.25) is 0 Å². The van der Waals surface area contributed by atoms with E-state index in [0.29, 0.717) is 18.2 Å². The largest absolute Gasteiger partial charge is 0.436 e. The molecule has 0 saturated carbocycles. The van der Waals surface area contributed by atoms with Crippen molar-refractivity contribution in [1.29, 1.82) is 0 Å². The molecule has 0 atom stereocenters. The summed E-state index contributed by atoms with van der Waals surface area (Å²) in [6.45, 7) is 0. The predicted molar refractivity (Wildman–Crippen MR) is 93.0 cm³/mol. The molecule has 1 aromatic heterocycles. The normalized spacial score (nSPS) is 12.0. The van der Waals surface area contributed by atoms with Crippen LogP contribution in [-0.2, 0) is 12.4 Å².